The predicted octanol–water partition coefficient (Wildman–Crippen LogP) is 5.22. The van der Waals surface area contributed by atoms with E-state index in [0.29, 0.717) is 31.7 Å². The van der Waals surface area contributed by atoms with Crippen LogP contribution in [0.1, 0.15) is 42.9 Å². The van der Waals surface area contributed by atoms with Gasteiger partial charge in [0.1, 0.15) is 11.9 Å². The van der Waals surface area contributed by atoms with Gasteiger partial charge in [0.15, 0.2) is 0 Å². The average Bonchev–Trinajstić information content (AvgIpc) is 3.06. The summed E-state index contributed by atoms with van der Waals surface area (Å²) in [5, 5.41) is 0. The molecule has 0 N–H and O–H groups in total. The van der Waals surface area contributed by atoms with Crippen LogP contribution in [0.25, 0.3) is 0 Å². The fourth-order valence-corrected chi connectivity index (χ4v) is 4.28. The van der Waals surface area contributed by atoms with Crippen LogP contribution in [-0.4, -0.2) is 35.8 Å². The molecule has 0 aliphatic carbocycles. The second kappa shape index (κ2) is 9.34. The summed E-state index contributed by atoms with van der Waals surface area (Å²) in [5.41, 5.74) is 0.0692. The third-order valence-electron chi connectivity index (χ3n) is 5.69. The minimum atomic E-state index is -4.43. The first kappa shape index (κ1) is 23.6. The lowest BCUT2D eigenvalue weighted by Crippen LogP contribution is -2.53. The molecule has 0 bridgehead atoms. The number of esters is 2. The molecule has 1 atom stereocenters. The van der Waals surface area contributed by atoms with Crippen LogP contribution >= 0.6 is 15.9 Å². The van der Waals surface area contributed by atoms with Gasteiger partial charge >= 0.3 is 24.0 Å². The van der Waals surface area contributed by atoms with Crippen LogP contribution in [-0.2, 0) is 25.2 Å². The van der Waals surface area contributed by atoms with E-state index in [2.05, 4.69) is 15.9 Å². The Labute approximate surface area is 196 Å². The number of carbonyl (C=O) groups excluding carboxylic acids is 2. The largest absolute Gasteiger partial charge is 0.486 e. The van der Waals surface area contributed by atoms with Crippen molar-refractivity contribution in [2.75, 3.05) is 13.1 Å². The van der Waals surface area contributed by atoms with Gasteiger partial charge in [-0.3, -0.25) is 0 Å². The summed E-state index contributed by atoms with van der Waals surface area (Å²) in [4.78, 5) is 25.2. The Bertz CT molecular complexity index is 994. The van der Waals surface area contributed by atoms with Crippen molar-refractivity contribution in [3.63, 3.8) is 0 Å². The van der Waals surface area contributed by atoms with E-state index in [-0.39, 0.29) is 0 Å². The van der Waals surface area contributed by atoms with Crippen LogP contribution in [0.5, 0.6) is 5.75 Å². The van der Waals surface area contributed by atoms with Crippen molar-refractivity contribution >= 4 is 27.9 Å². The van der Waals surface area contributed by atoms with Gasteiger partial charge in [-0.2, -0.15) is 13.2 Å². The van der Waals surface area contributed by atoms with E-state index in [1.54, 1.807) is 4.90 Å². The summed E-state index contributed by atoms with van der Waals surface area (Å²) in [7, 11) is 0. The third-order valence-corrected chi connectivity index (χ3v) is 6.22. The molecule has 0 saturated carbocycles. The van der Waals surface area contributed by atoms with Crippen LogP contribution in [0.2, 0.25) is 0 Å². The molecule has 176 valence electrons. The molecule has 6 nitrogen and oxygen atoms in total. The first-order valence-corrected chi connectivity index (χ1v) is 11.3. The fraction of sp³-hybridized carbons (Fsp3) is 0.391. The first-order valence-electron chi connectivity index (χ1n) is 10.5. The molecule has 10 heteroatoms. The highest BCUT2D eigenvalue weighted by Crippen LogP contribution is 2.37. The number of alkyl halides is 3. The predicted molar refractivity (Wildman–Crippen MR) is 114 cm³/mol. The second-order valence-corrected chi connectivity index (χ2v) is 8.82. The molecule has 2 aromatic rings. The maximum Gasteiger partial charge on any atom is 0.421 e. The first-order chi connectivity index (χ1) is 15.7. The Kier molecular flexibility index (Phi) is 6.67. The Morgan fingerprint density at radius 2 is 1.64 bits per heavy atom. The van der Waals surface area contributed by atoms with Crippen LogP contribution in [0.15, 0.2) is 53.0 Å². The van der Waals surface area contributed by atoms with Crippen LogP contribution in [0.4, 0.5) is 13.2 Å². The number of rotatable bonds is 6. The molecule has 33 heavy (non-hydrogen) atoms. The molecule has 1 spiro atoms. The van der Waals surface area contributed by atoms with Crippen LogP contribution < -0.4 is 4.74 Å². The third kappa shape index (κ3) is 5.33. The molecule has 0 radical (unpaired) electrons. The van der Waals surface area contributed by atoms with Crippen molar-refractivity contribution in [2.45, 2.75) is 43.9 Å². The molecular weight excluding hydrogens is 507 g/mol. The summed E-state index contributed by atoms with van der Waals surface area (Å²) in [6, 6.07) is 12.0. The number of carbonyl (C=O) groups is 2. The lowest BCUT2D eigenvalue weighted by Gasteiger charge is -2.40. The summed E-state index contributed by atoms with van der Waals surface area (Å²) in [6.45, 7) is 0.940. The van der Waals surface area contributed by atoms with Gasteiger partial charge in [-0.05, 0) is 54.8 Å². The number of piperidine rings is 1. The molecule has 2 aromatic carbocycles. The van der Waals surface area contributed by atoms with Crippen molar-refractivity contribution < 1.29 is 37.0 Å². The van der Waals surface area contributed by atoms with Gasteiger partial charge in [0, 0.05) is 30.4 Å². The molecule has 1 unspecified atom stereocenters. The van der Waals surface area contributed by atoms with Gasteiger partial charge in [0.2, 0.25) is 0 Å². The lowest BCUT2D eigenvalue weighted by atomic mass is 10.0. The van der Waals surface area contributed by atoms with Crippen molar-refractivity contribution in [1.29, 1.82) is 0 Å². The SMILES string of the molecule is O=C1OC2(CCCCN2CCC(Oc2ccc(C(F)(F)F)cc2)c2ccc(Br)cc2)OC1=O. The Hall–Kier alpha value is -2.59. The molecule has 2 aliphatic rings. The highest BCUT2D eigenvalue weighted by atomic mass is 79.9. The molecule has 0 aromatic heterocycles. The zero-order chi connectivity index (χ0) is 23.6. The number of hydrogen-bond acceptors (Lipinski definition) is 6. The van der Waals surface area contributed by atoms with Gasteiger partial charge < -0.3 is 14.2 Å². The summed E-state index contributed by atoms with van der Waals surface area (Å²) < 4.78 is 56.2. The molecular formula is C23H21BrF3NO5. The highest BCUT2D eigenvalue weighted by Gasteiger charge is 2.53. The summed E-state index contributed by atoms with van der Waals surface area (Å²) >= 11 is 3.39. The maximum atomic E-state index is 12.9. The van der Waals surface area contributed by atoms with E-state index >= 15 is 0 Å². The lowest BCUT2D eigenvalue weighted by molar-refractivity contribution is -0.264. The monoisotopic (exact) mass is 527 g/mol. The van der Waals surface area contributed by atoms with E-state index in [0.717, 1.165) is 35.0 Å². The maximum absolute atomic E-state index is 12.9. The zero-order valence-corrected chi connectivity index (χ0v) is 19.0. The standard InChI is InChI=1S/C23H21BrF3NO5/c24-17-7-3-15(4-8-17)19(31-18-9-5-16(6-10-18)23(25,26)27)11-14-28-13-2-1-12-22(28)32-20(29)21(30)33-22/h3-10,19H,1-2,11-14H2. The Morgan fingerprint density at radius 3 is 2.24 bits per heavy atom. The normalized spacial score (nSPS) is 19.3. The Balaban J connectivity index is 1.52. The Morgan fingerprint density at radius 1 is 1.00 bits per heavy atom. The quantitative estimate of drug-likeness (QED) is 0.379. The smallest absolute Gasteiger partial charge is 0.421 e. The highest BCUT2D eigenvalue weighted by molar-refractivity contribution is 9.10. The average molecular weight is 528 g/mol. The minimum Gasteiger partial charge on any atom is -0.486 e. The molecule has 2 fully saturated rings. The van der Waals surface area contributed by atoms with Gasteiger partial charge in [-0.1, -0.05) is 28.1 Å². The van der Waals surface area contributed by atoms with Crippen LogP contribution in [0.3, 0.4) is 0 Å². The zero-order valence-electron chi connectivity index (χ0n) is 17.4. The topological polar surface area (TPSA) is 65.1 Å². The van der Waals surface area contributed by atoms with Crippen molar-refractivity contribution in [1.82, 2.24) is 4.90 Å². The van der Waals surface area contributed by atoms with Gasteiger partial charge in [-0.25, -0.2) is 14.5 Å². The van der Waals surface area contributed by atoms with Gasteiger partial charge in [0.25, 0.3) is 0 Å². The number of nitrogens with zero attached hydrogens (tertiary/aromatic N) is 1. The molecule has 4 rings (SSSR count). The summed E-state index contributed by atoms with van der Waals surface area (Å²) in [5.74, 6) is -3.12. The van der Waals surface area contributed by atoms with E-state index in [1.807, 2.05) is 24.3 Å². The number of hydrogen-bond donors (Lipinski definition) is 0. The molecule has 2 heterocycles. The van der Waals surface area contributed by atoms with Crippen molar-refractivity contribution in [3.8, 4) is 5.75 Å². The van der Waals surface area contributed by atoms with Gasteiger partial charge in [-0.15, -0.1) is 0 Å². The van der Waals surface area contributed by atoms with E-state index in [1.165, 1.54) is 12.1 Å². The number of benzene rings is 2. The van der Waals surface area contributed by atoms with E-state index < -0.39 is 35.7 Å². The number of ether oxygens (including phenoxy) is 3. The van der Waals surface area contributed by atoms with Crippen molar-refractivity contribution in [2.24, 2.45) is 0 Å². The minimum absolute atomic E-state index is 0.294. The van der Waals surface area contributed by atoms with Gasteiger partial charge in [0.05, 0.1) is 5.56 Å². The molecule has 2 aliphatic heterocycles. The van der Waals surface area contributed by atoms with E-state index in [4.69, 9.17) is 14.2 Å². The van der Waals surface area contributed by atoms with Crippen LogP contribution in [0, 0.1) is 0 Å². The molecule has 0 amide bonds. The van der Waals surface area contributed by atoms with E-state index in [9.17, 15) is 22.8 Å². The summed E-state index contributed by atoms with van der Waals surface area (Å²) in [6.07, 6.45) is -2.54. The molecule has 2 saturated heterocycles. The van der Waals surface area contributed by atoms with Crippen molar-refractivity contribution in [3.05, 3.63) is 64.1 Å². The number of likely N-dealkylation sites (tertiary alicyclic amines) is 1. The second-order valence-electron chi connectivity index (χ2n) is 7.90. The number of halogens is 4. The fourth-order valence-electron chi connectivity index (χ4n) is 4.02.